The van der Waals surface area contributed by atoms with Gasteiger partial charge < -0.3 is 19.5 Å². The van der Waals surface area contributed by atoms with Crippen LogP contribution in [0.15, 0.2) is 72.4 Å². The maximum absolute atomic E-state index is 13.7. The topological polar surface area (TPSA) is 77.1 Å². The third-order valence-electron chi connectivity index (χ3n) is 5.39. The van der Waals surface area contributed by atoms with Gasteiger partial charge in [0.15, 0.2) is 0 Å². The third-order valence-corrected chi connectivity index (χ3v) is 5.39. The summed E-state index contributed by atoms with van der Waals surface area (Å²) in [6.45, 7) is 1.89. The number of hydrogen-bond acceptors (Lipinski definition) is 6. The molecule has 0 aromatic heterocycles. The molecule has 1 aliphatic heterocycles. The lowest BCUT2D eigenvalue weighted by Gasteiger charge is -2.19. The van der Waals surface area contributed by atoms with E-state index >= 15 is 0 Å². The van der Waals surface area contributed by atoms with Gasteiger partial charge in [-0.1, -0.05) is 24.3 Å². The number of carbonyl (C=O) groups excluding carboxylic acids is 2. The number of amides is 2. The summed E-state index contributed by atoms with van der Waals surface area (Å²) in [5.41, 5.74) is 2.80. The third kappa shape index (κ3) is 4.01. The zero-order valence-corrected chi connectivity index (χ0v) is 18.8. The Morgan fingerprint density at radius 2 is 1.45 bits per heavy atom. The quantitative estimate of drug-likeness (QED) is 0.544. The van der Waals surface area contributed by atoms with Gasteiger partial charge in [0.25, 0.3) is 11.8 Å². The molecule has 0 saturated carbocycles. The van der Waals surface area contributed by atoms with E-state index < -0.39 is 11.8 Å². The van der Waals surface area contributed by atoms with Crippen molar-refractivity contribution in [2.45, 2.75) is 6.92 Å². The van der Waals surface area contributed by atoms with Gasteiger partial charge in [0.1, 0.15) is 22.9 Å². The Bertz CT molecular complexity index is 1250. The number of carbonyl (C=O) groups is 2. The number of benzene rings is 3. The molecular weight excluding hydrogens is 420 g/mol. The van der Waals surface area contributed by atoms with Crippen molar-refractivity contribution in [1.82, 2.24) is 0 Å². The van der Waals surface area contributed by atoms with Crippen LogP contribution in [0.5, 0.6) is 17.2 Å². The first-order valence-corrected chi connectivity index (χ1v) is 10.3. The van der Waals surface area contributed by atoms with E-state index in [0.29, 0.717) is 34.2 Å². The maximum Gasteiger partial charge on any atom is 0.282 e. The summed E-state index contributed by atoms with van der Waals surface area (Å²) >= 11 is 0. The van der Waals surface area contributed by atoms with E-state index in [1.807, 2.05) is 19.1 Å². The van der Waals surface area contributed by atoms with Gasteiger partial charge in [-0.05, 0) is 55.0 Å². The van der Waals surface area contributed by atoms with Crippen molar-refractivity contribution in [3.05, 3.63) is 83.6 Å². The average molecular weight is 444 g/mol. The fourth-order valence-electron chi connectivity index (χ4n) is 3.76. The standard InChI is InChI=1S/C26H24N2O5/c1-16-9-14-22(33-4)20(15-16)28-25(29)23(19-7-5-6-8-21(19)32-3)24(26(28)30)27-17-10-12-18(31-2)13-11-17/h5-15,27H,1-4H3. The molecule has 0 bridgehead atoms. The molecule has 7 heteroatoms. The number of para-hydroxylation sites is 1. The van der Waals surface area contributed by atoms with Crippen LogP contribution in [-0.4, -0.2) is 33.1 Å². The Morgan fingerprint density at radius 1 is 0.758 bits per heavy atom. The summed E-state index contributed by atoms with van der Waals surface area (Å²) in [6.07, 6.45) is 0. The Morgan fingerprint density at radius 3 is 2.12 bits per heavy atom. The number of hydrogen-bond donors (Lipinski definition) is 1. The van der Waals surface area contributed by atoms with Crippen molar-refractivity contribution in [2.24, 2.45) is 0 Å². The Balaban J connectivity index is 1.87. The van der Waals surface area contributed by atoms with Gasteiger partial charge in [-0.2, -0.15) is 0 Å². The second kappa shape index (κ2) is 9.08. The predicted molar refractivity (Wildman–Crippen MR) is 127 cm³/mol. The van der Waals surface area contributed by atoms with Crippen molar-refractivity contribution < 1.29 is 23.8 Å². The molecular formula is C26H24N2O5. The van der Waals surface area contributed by atoms with Crippen molar-refractivity contribution in [3.8, 4) is 17.2 Å². The maximum atomic E-state index is 13.7. The first kappa shape index (κ1) is 22.0. The second-order valence-electron chi connectivity index (χ2n) is 7.42. The molecule has 0 unspecified atom stereocenters. The van der Waals surface area contributed by atoms with Crippen molar-refractivity contribution in [1.29, 1.82) is 0 Å². The number of rotatable bonds is 7. The molecule has 0 saturated heterocycles. The zero-order chi connectivity index (χ0) is 23.5. The molecule has 0 fully saturated rings. The number of aryl methyl sites for hydroxylation is 1. The van der Waals surface area contributed by atoms with E-state index in [9.17, 15) is 9.59 Å². The van der Waals surface area contributed by atoms with E-state index in [1.165, 1.54) is 14.2 Å². The number of ether oxygens (including phenoxy) is 3. The average Bonchev–Trinajstić information content (AvgIpc) is 3.08. The Labute approximate surface area is 192 Å². The summed E-state index contributed by atoms with van der Waals surface area (Å²) in [4.78, 5) is 28.6. The van der Waals surface area contributed by atoms with Gasteiger partial charge in [-0.25, -0.2) is 4.90 Å². The van der Waals surface area contributed by atoms with Crippen LogP contribution in [0.1, 0.15) is 11.1 Å². The lowest BCUT2D eigenvalue weighted by atomic mass is 10.0. The monoisotopic (exact) mass is 444 g/mol. The van der Waals surface area contributed by atoms with E-state index in [0.717, 1.165) is 10.5 Å². The lowest BCUT2D eigenvalue weighted by Crippen LogP contribution is -2.32. The van der Waals surface area contributed by atoms with Gasteiger partial charge >= 0.3 is 0 Å². The van der Waals surface area contributed by atoms with Gasteiger partial charge in [-0.15, -0.1) is 0 Å². The summed E-state index contributed by atoms with van der Waals surface area (Å²) < 4.78 is 16.2. The van der Waals surface area contributed by atoms with E-state index in [-0.39, 0.29) is 11.3 Å². The molecule has 4 rings (SSSR count). The van der Waals surface area contributed by atoms with E-state index in [1.54, 1.807) is 61.7 Å². The molecule has 0 radical (unpaired) electrons. The molecule has 3 aromatic carbocycles. The van der Waals surface area contributed by atoms with Gasteiger partial charge in [-0.3, -0.25) is 9.59 Å². The van der Waals surface area contributed by atoms with Gasteiger partial charge in [0.05, 0.1) is 32.6 Å². The normalized spacial score (nSPS) is 13.4. The first-order valence-electron chi connectivity index (χ1n) is 10.3. The van der Waals surface area contributed by atoms with E-state index in [4.69, 9.17) is 14.2 Å². The molecule has 0 atom stereocenters. The summed E-state index contributed by atoms with van der Waals surface area (Å²) in [7, 11) is 4.61. The molecule has 3 aromatic rings. The molecule has 7 nitrogen and oxygen atoms in total. The van der Waals surface area contributed by atoms with Crippen LogP contribution >= 0.6 is 0 Å². The molecule has 1 heterocycles. The lowest BCUT2D eigenvalue weighted by molar-refractivity contribution is -0.120. The van der Waals surface area contributed by atoms with Crippen molar-refractivity contribution in [3.63, 3.8) is 0 Å². The van der Waals surface area contributed by atoms with Crippen LogP contribution in [0, 0.1) is 6.92 Å². The highest BCUT2D eigenvalue weighted by Gasteiger charge is 2.42. The zero-order valence-electron chi connectivity index (χ0n) is 18.8. The first-order chi connectivity index (χ1) is 16.0. The smallest absolute Gasteiger partial charge is 0.282 e. The highest BCUT2D eigenvalue weighted by atomic mass is 16.5. The number of methoxy groups -OCH3 is 3. The van der Waals surface area contributed by atoms with Crippen LogP contribution in [0.3, 0.4) is 0 Å². The largest absolute Gasteiger partial charge is 0.497 e. The molecule has 0 spiro atoms. The minimum Gasteiger partial charge on any atom is -0.497 e. The van der Waals surface area contributed by atoms with E-state index in [2.05, 4.69) is 5.32 Å². The summed E-state index contributed by atoms with van der Waals surface area (Å²) in [5.74, 6) is 0.637. The fourth-order valence-corrected chi connectivity index (χ4v) is 3.76. The van der Waals surface area contributed by atoms with Crippen LogP contribution in [-0.2, 0) is 9.59 Å². The summed E-state index contributed by atoms with van der Waals surface area (Å²) in [6, 6.07) is 19.6. The number of anilines is 2. The highest BCUT2D eigenvalue weighted by Crippen LogP contribution is 2.40. The second-order valence-corrected chi connectivity index (χ2v) is 7.42. The molecule has 2 amide bonds. The van der Waals surface area contributed by atoms with Crippen molar-refractivity contribution in [2.75, 3.05) is 31.5 Å². The van der Waals surface area contributed by atoms with Crippen LogP contribution in [0.2, 0.25) is 0 Å². The minimum absolute atomic E-state index is 0.151. The Kier molecular flexibility index (Phi) is 6.04. The predicted octanol–water partition coefficient (Wildman–Crippen LogP) is 4.42. The van der Waals surface area contributed by atoms with Gasteiger partial charge in [0.2, 0.25) is 0 Å². The number of imide groups is 1. The number of nitrogens with zero attached hydrogens (tertiary/aromatic N) is 1. The highest BCUT2D eigenvalue weighted by molar-refractivity contribution is 6.46. The number of nitrogens with one attached hydrogen (secondary N) is 1. The molecule has 168 valence electrons. The summed E-state index contributed by atoms with van der Waals surface area (Å²) in [5, 5.41) is 3.14. The van der Waals surface area contributed by atoms with Gasteiger partial charge in [0, 0.05) is 11.3 Å². The molecule has 1 N–H and O–H groups in total. The fraction of sp³-hybridized carbons (Fsp3) is 0.154. The molecule has 1 aliphatic rings. The van der Waals surface area contributed by atoms with Crippen molar-refractivity contribution >= 4 is 28.8 Å². The van der Waals surface area contributed by atoms with Crippen LogP contribution < -0.4 is 24.4 Å². The molecule has 0 aliphatic carbocycles. The Hall–Kier alpha value is -4.26. The molecule has 33 heavy (non-hydrogen) atoms. The minimum atomic E-state index is -0.486. The van der Waals surface area contributed by atoms with Crippen LogP contribution in [0.25, 0.3) is 5.57 Å². The van der Waals surface area contributed by atoms with Crippen LogP contribution in [0.4, 0.5) is 11.4 Å². The SMILES string of the molecule is COc1ccc(NC2=C(c3ccccc3OC)C(=O)N(c3cc(C)ccc3OC)C2=O)cc1.